The number of hydrogen-bond acceptors (Lipinski definition) is 8. The van der Waals surface area contributed by atoms with Crippen molar-refractivity contribution in [2.24, 2.45) is 5.73 Å². The van der Waals surface area contributed by atoms with Crippen LogP contribution in [-0.2, 0) is 13.0 Å². The molecule has 5 N–H and O–H groups in total. The molecule has 1 atom stereocenters. The lowest BCUT2D eigenvalue weighted by atomic mass is 9.80. The fourth-order valence-corrected chi connectivity index (χ4v) is 3.89. The fraction of sp³-hybridized carbons (Fsp3) is 0.238. The number of primary amides is 1. The number of carbonyl (C=O) groups is 1. The summed E-state index contributed by atoms with van der Waals surface area (Å²) in [5.41, 5.74) is 8.52. The van der Waals surface area contributed by atoms with Gasteiger partial charge in [0.1, 0.15) is 11.5 Å². The van der Waals surface area contributed by atoms with Crippen molar-refractivity contribution < 1.29 is 19.2 Å². The molecule has 9 nitrogen and oxygen atoms in total. The quantitative estimate of drug-likeness (QED) is 0.417. The maximum Gasteiger partial charge on any atom is 0.488 e. The molecule has 1 aromatic heterocycles. The van der Waals surface area contributed by atoms with Crippen LogP contribution in [0.4, 0.5) is 21.8 Å². The zero-order valence-electron chi connectivity index (χ0n) is 17.6. The van der Waals surface area contributed by atoms with Crippen molar-refractivity contribution in [3.63, 3.8) is 0 Å². The molecular weight excluding hydrogens is 414 g/mol. The summed E-state index contributed by atoms with van der Waals surface area (Å²) in [5, 5.41) is 30.3. The number of nitrogens with zero attached hydrogens (tertiary/aromatic N) is 4. The number of hydrogen-bond donors (Lipinski definition) is 4. The number of aromatic nitrogens is 3. The summed E-state index contributed by atoms with van der Waals surface area (Å²) in [7, 11) is -1.55. The summed E-state index contributed by atoms with van der Waals surface area (Å²) in [5.74, 6) is -0.501. The van der Waals surface area contributed by atoms with Crippen LogP contribution in [0.1, 0.15) is 34.1 Å². The molecule has 0 spiro atoms. The third kappa shape index (κ3) is 4.12. The first-order valence-electron chi connectivity index (χ1n) is 10.1. The maximum absolute atomic E-state index is 14.2. The molecule has 164 valence electrons. The average molecular weight is 436 g/mol. The second-order valence-corrected chi connectivity index (χ2v) is 7.76. The van der Waals surface area contributed by atoms with Crippen molar-refractivity contribution in [1.29, 1.82) is 0 Å². The number of rotatable bonds is 6. The molecule has 0 aliphatic carbocycles. The van der Waals surface area contributed by atoms with E-state index in [1.54, 1.807) is 30.0 Å². The molecule has 2 aromatic carbocycles. The predicted octanol–water partition coefficient (Wildman–Crippen LogP) is 0.793. The minimum absolute atomic E-state index is 0.134. The monoisotopic (exact) mass is 436 g/mol. The van der Waals surface area contributed by atoms with Crippen molar-refractivity contribution in [3.05, 3.63) is 64.6 Å². The SMILES string of the molecule is Cc1nnc(N2c3cc(F)cc(C(N)=O)c3CC2C)nc1NCc1cccc(B(O)O)c1. The van der Waals surface area contributed by atoms with Gasteiger partial charge in [-0.15, -0.1) is 10.2 Å². The molecule has 0 saturated carbocycles. The molecule has 11 heteroatoms. The normalized spacial score (nSPS) is 14.9. The van der Waals surface area contributed by atoms with Gasteiger partial charge in [-0.1, -0.05) is 24.3 Å². The van der Waals surface area contributed by atoms with E-state index in [4.69, 9.17) is 5.73 Å². The number of halogens is 1. The summed E-state index contributed by atoms with van der Waals surface area (Å²) in [6.07, 6.45) is 0.490. The lowest BCUT2D eigenvalue weighted by molar-refractivity contribution is 0.0999. The Morgan fingerprint density at radius 3 is 2.81 bits per heavy atom. The number of nitrogens with two attached hydrogens (primary N) is 1. The molecule has 0 bridgehead atoms. The van der Waals surface area contributed by atoms with E-state index in [-0.39, 0.29) is 17.6 Å². The molecule has 0 saturated heterocycles. The van der Waals surface area contributed by atoms with Gasteiger partial charge in [-0.3, -0.25) is 4.79 Å². The van der Waals surface area contributed by atoms with Crippen LogP contribution in [0.15, 0.2) is 36.4 Å². The molecule has 1 unspecified atom stereocenters. The topological polar surface area (TPSA) is 137 Å². The molecular formula is C21H22BFN6O3. The maximum atomic E-state index is 14.2. The van der Waals surface area contributed by atoms with Gasteiger partial charge in [-0.2, -0.15) is 4.98 Å². The van der Waals surface area contributed by atoms with E-state index in [1.165, 1.54) is 6.07 Å². The number of anilines is 3. The van der Waals surface area contributed by atoms with E-state index in [2.05, 4.69) is 20.5 Å². The van der Waals surface area contributed by atoms with Crippen molar-refractivity contribution in [2.45, 2.75) is 32.9 Å². The van der Waals surface area contributed by atoms with Gasteiger partial charge in [0.2, 0.25) is 5.91 Å². The number of amides is 1. The Hall–Kier alpha value is -3.57. The second-order valence-electron chi connectivity index (χ2n) is 7.76. The summed E-state index contributed by atoms with van der Waals surface area (Å²) in [4.78, 5) is 18.1. The van der Waals surface area contributed by atoms with Gasteiger partial charge in [-0.25, -0.2) is 4.39 Å². The summed E-state index contributed by atoms with van der Waals surface area (Å²) in [6, 6.07) is 9.23. The number of benzene rings is 2. The van der Waals surface area contributed by atoms with Crippen LogP contribution in [0.2, 0.25) is 0 Å². The van der Waals surface area contributed by atoms with Gasteiger partial charge in [0, 0.05) is 18.2 Å². The number of carbonyl (C=O) groups excluding carboxylic acids is 1. The Morgan fingerprint density at radius 2 is 2.09 bits per heavy atom. The first-order chi connectivity index (χ1) is 15.2. The Balaban J connectivity index is 1.64. The molecule has 32 heavy (non-hydrogen) atoms. The first-order valence-corrected chi connectivity index (χ1v) is 10.1. The predicted molar refractivity (Wildman–Crippen MR) is 118 cm³/mol. The first kappa shape index (κ1) is 21.7. The Kier molecular flexibility index (Phi) is 5.77. The van der Waals surface area contributed by atoms with Crippen LogP contribution in [0, 0.1) is 12.7 Å². The minimum atomic E-state index is -1.55. The van der Waals surface area contributed by atoms with Gasteiger partial charge in [-0.05, 0) is 49.0 Å². The van der Waals surface area contributed by atoms with Crippen LogP contribution < -0.4 is 21.4 Å². The molecule has 0 fully saturated rings. The van der Waals surface area contributed by atoms with Gasteiger partial charge < -0.3 is 26.0 Å². The van der Waals surface area contributed by atoms with Crippen molar-refractivity contribution in [3.8, 4) is 0 Å². The van der Waals surface area contributed by atoms with E-state index in [0.717, 1.165) is 11.6 Å². The highest BCUT2D eigenvalue weighted by molar-refractivity contribution is 6.58. The highest BCUT2D eigenvalue weighted by Crippen LogP contribution is 2.39. The smallest absolute Gasteiger partial charge is 0.423 e. The van der Waals surface area contributed by atoms with E-state index in [0.29, 0.717) is 41.2 Å². The van der Waals surface area contributed by atoms with Crippen LogP contribution in [0.25, 0.3) is 0 Å². The summed E-state index contributed by atoms with van der Waals surface area (Å²) >= 11 is 0. The third-order valence-electron chi connectivity index (χ3n) is 5.43. The summed E-state index contributed by atoms with van der Waals surface area (Å²) in [6.45, 7) is 4.04. The Bertz CT molecular complexity index is 1190. The molecule has 1 aliphatic rings. The van der Waals surface area contributed by atoms with Gasteiger partial charge in [0.15, 0.2) is 5.82 Å². The number of nitrogens with one attached hydrogen (secondary N) is 1. The average Bonchev–Trinajstić information content (AvgIpc) is 3.08. The van der Waals surface area contributed by atoms with Gasteiger partial charge in [0.25, 0.3) is 5.95 Å². The summed E-state index contributed by atoms with van der Waals surface area (Å²) < 4.78 is 14.2. The highest BCUT2D eigenvalue weighted by Gasteiger charge is 2.33. The van der Waals surface area contributed by atoms with Crippen molar-refractivity contribution >= 4 is 35.9 Å². The standard InChI is InChI=1S/C21H22BFN6O3/c1-11-6-16-17(19(24)30)8-15(23)9-18(16)29(11)21-26-20(12(2)27-28-21)25-10-13-4-3-5-14(7-13)22(31)32/h3-5,7-9,11,31-32H,6,10H2,1-2H3,(H2,24,30)(H,25,26,28). The molecule has 0 radical (unpaired) electrons. The van der Waals surface area contributed by atoms with Crippen LogP contribution >= 0.6 is 0 Å². The molecule has 4 rings (SSSR count). The Labute approximate surface area is 184 Å². The zero-order valence-corrected chi connectivity index (χ0v) is 17.6. The second kappa shape index (κ2) is 8.52. The Morgan fingerprint density at radius 1 is 1.31 bits per heavy atom. The lowest BCUT2D eigenvalue weighted by Gasteiger charge is -2.23. The van der Waals surface area contributed by atoms with Crippen LogP contribution in [0.3, 0.4) is 0 Å². The van der Waals surface area contributed by atoms with Gasteiger partial charge >= 0.3 is 7.12 Å². The van der Waals surface area contributed by atoms with E-state index in [9.17, 15) is 19.2 Å². The molecule has 1 amide bonds. The third-order valence-corrected chi connectivity index (χ3v) is 5.43. The minimum Gasteiger partial charge on any atom is -0.423 e. The van der Waals surface area contributed by atoms with Crippen LogP contribution in [-0.4, -0.2) is 44.3 Å². The van der Waals surface area contributed by atoms with Gasteiger partial charge in [0.05, 0.1) is 5.69 Å². The number of fused-ring (bicyclic) bond motifs is 1. The van der Waals surface area contributed by atoms with Crippen molar-refractivity contribution in [2.75, 3.05) is 10.2 Å². The zero-order chi connectivity index (χ0) is 23.0. The molecule has 1 aliphatic heterocycles. The van der Waals surface area contributed by atoms with E-state index in [1.807, 2.05) is 13.0 Å². The van der Waals surface area contributed by atoms with E-state index < -0.39 is 18.8 Å². The van der Waals surface area contributed by atoms with Crippen LogP contribution in [0.5, 0.6) is 0 Å². The van der Waals surface area contributed by atoms with Crippen molar-refractivity contribution in [1.82, 2.24) is 15.2 Å². The molecule has 3 aromatic rings. The fourth-order valence-electron chi connectivity index (χ4n) is 3.89. The van der Waals surface area contributed by atoms with E-state index >= 15 is 0 Å². The lowest BCUT2D eigenvalue weighted by Crippen LogP contribution is -2.30. The highest BCUT2D eigenvalue weighted by atomic mass is 19.1. The molecule has 2 heterocycles. The largest absolute Gasteiger partial charge is 0.488 e. The number of aryl methyl sites for hydroxylation is 1.